The van der Waals surface area contributed by atoms with Gasteiger partial charge in [-0.05, 0) is 50.5 Å². The second kappa shape index (κ2) is 5.09. The fourth-order valence-electron chi connectivity index (χ4n) is 4.59. The molecule has 1 saturated carbocycles. The molecule has 1 aromatic heterocycles. The van der Waals surface area contributed by atoms with Crippen LogP contribution < -0.4 is 4.57 Å². The van der Waals surface area contributed by atoms with Crippen LogP contribution in [0.15, 0.2) is 30.3 Å². The van der Waals surface area contributed by atoms with Gasteiger partial charge in [-0.1, -0.05) is 31.0 Å². The van der Waals surface area contributed by atoms with Gasteiger partial charge in [0.25, 0.3) is 5.82 Å². The molecule has 2 aliphatic rings. The fourth-order valence-corrected chi connectivity index (χ4v) is 4.59. The monoisotopic (exact) mass is 310 g/mol. The average molecular weight is 310 g/mol. The van der Waals surface area contributed by atoms with Crippen LogP contribution in [0.2, 0.25) is 0 Å². The van der Waals surface area contributed by atoms with Crippen molar-refractivity contribution in [2.75, 3.05) is 0 Å². The van der Waals surface area contributed by atoms with E-state index in [9.17, 15) is 0 Å². The summed E-state index contributed by atoms with van der Waals surface area (Å²) in [4.78, 5) is 0. The molecular formula is C21H27N2+. The minimum absolute atomic E-state index is 0.256. The topological polar surface area (TPSA) is 8.81 Å². The lowest BCUT2D eigenvalue weighted by molar-refractivity contribution is -0.758. The molecule has 1 aromatic carbocycles. The summed E-state index contributed by atoms with van der Waals surface area (Å²) in [7, 11) is 0. The molecule has 4 rings (SSSR count). The zero-order valence-corrected chi connectivity index (χ0v) is 14.3. The lowest BCUT2D eigenvalue weighted by Crippen LogP contribution is -2.57. The van der Waals surface area contributed by atoms with E-state index in [1.807, 2.05) is 42.7 Å². The SMILES string of the molecule is [2H]C([2H])([2H])c1n(-c2ccccc2C)c(C)c2[n+]1C(C)(C1CCCC1)C=C2. The highest BCUT2D eigenvalue weighted by atomic mass is 15.2. The molecular weight excluding hydrogens is 280 g/mol. The van der Waals surface area contributed by atoms with Gasteiger partial charge in [0, 0.05) is 23.8 Å². The number of aromatic nitrogens is 2. The van der Waals surface area contributed by atoms with Crippen LogP contribution in [0.5, 0.6) is 0 Å². The minimum atomic E-state index is -2.18. The van der Waals surface area contributed by atoms with Crippen molar-refractivity contribution in [2.24, 2.45) is 5.92 Å². The molecule has 0 bridgehead atoms. The van der Waals surface area contributed by atoms with Crippen molar-refractivity contribution in [2.45, 2.75) is 58.8 Å². The Morgan fingerprint density at radius 1 is 1.22 bits per heavy atom. The number of nitrogens with zero attached hydrogens (tertiary/aromatic N) is 2. The van der Waals surface area contributed by atoms with Crippen molar-refractivity contribution in [3.63, 3.8) is 0 Å². The second-order valence-electron chi connectivity index (χ2n) is 7.29. The van der Waals surface area contributed by atoms with Crippen LogP contribution in [0.1, 0.15) is 59.5 Å². The Morgan fingerprint density at radius 2 is 1.96 bits per heavy atom. The van der Waals surface area contributed by atoms with Gasteiger partial charge in [0.15, 0.2) is 11.4 Å². The van der Waals surface area contributed by atoms with Gasteiger partial charge in [0.1, 0.15) is 11.2 Å². The number of allylic oxidation sites excluding steroid dienone is 1. The maximum absolute atomic E-state index is 8.33. The highest BCUT2D eigenvalue weighted by Gasteiger charge is 2.47. The van der Waals surface area contributed by atoms with Gasteiger partial charge in [-0.3, -0.25) is 0 Å². The van der Waals surface area contributed by atoms with Crippen molar-refractivity contribution < 1.29 is 8.68 Å². The molecule has 0 amide bonds. The van der Waals surface area contributed by atoms with E-state index in [4.69, 9.17) is 4.11 Å². The Morgan fingerprint density at radius 3 is 2.65 bits per heavy atom. The molecule has 1 unspecified atom stereocenters. The summed E-state index contributed by atoms with van der Waals surface area (Å²) in [5, 5.41) is 0. The molecule has 120 valence electrons. The van der Waals surface area contributed by atoms with Crippen molar-refractivity contribution in [1.29, 1.82) is 0 Å². The first-order valence-electron chi connectivity index (χ1n) is 10.2. The first-order valence-corrected chi connectivity index (χ1v) is 8.68. The Labute approximate surface area is 143 Å². The van der Waals surface area contributed by atoms with Crippen LogP contribution >= 0.6 is 0 Å². The summed E-state index contributed by atoms with van der Waals surface area (Å²) < 4.78 is 29.1. The number of hydrogen-bond acceptors (Lipinski definition) is 0. The number of benzene rings is 1. The average Bonchev–Trinajstić information content (AvgIpc) is 3.26. The third-order valence-electron chi connectivity index (χ3n) is 5.97. The predicted molar refractivity (Wildman–Crippen MR) is 94.8 cm³/mol. The lowest BCUT2D eigenvalue weighted by Gasteiger charge is -2.28. The molecule has 0 N–H and O–H groups in total. The molecule has 1 aliphatic carbocycles. The molecule has 2 heterocycles. The van der Waals surface area contributed by atoms with Gasteiger partial charge in [-0.2, -0.15) is 4.57 Å². The molecule has 0 spiro atoms. The van der Waals surface area contributed by atoms with Gasteiger partial charge in [0.05, 0.1) is 0 Å². The number of para-hydroxylation sites is 1. The standard InChI is InChI=1S/C21H27N2/c1-15-9-5-8-12-19(15)22-16(2)20-13-14-21(4,23(20)17(22)3)18-10-6-7-11-18/h5,8-9,12-14,18H,6-7,10-11H2,1-4H3/q+1/i3D3. The molecule has 2 heteroatoms. The maximum atomic E-state index is 8.33. The summed E-state index contributed by atoms with van der Waals surface area (Å²) in [5.74, 6) is 0.928. The molecule has 1 atom stereocenters. The Kier molecular flexibility index (Phi) is 2.58. The first-order chi connectivity index (χ1) is 12.2. The number of hydrogen-bond donors (Lipinski definition) is 0. The summed E-state index contributed by atoms with van der Waals surface area (Å²) in [6, 6.07) is 8.03. The minimum Gasteiger partial charge on any atom is -0.218 e. The highest BCUT2D eigenvalue weighted by Crippen LogP contribution is 2.40. The van der Waals surface area contributed by atoms with Crippen LogP contribution in [0, 0.1) is 26.6 Å². The third kappa shape index (κ3) is 1.97. The second-order valence-corrected chi connectivity index (χ2v) is 7.29. The van der Waals surface area contributed by atoms with E-state index in [2.05, 4.69) is 23.6 Å². The van der Waals surface area contributed by atoms with Crippen molar-refractivity contribution in [3.8, 4) is 5.69 Å². The molecule has 2 aromatic rings. The number of aryl methyl sites for hydroxylation is 1. The number of imidazole rings is 1. The van der Waals surface area contributed by atoms with Crippen LogP contribution in [0.3, 0.4) is 0 Å². The van der Waals surface area contributed by atoms with Crippen LogP contribution in [0.4, 0.5) is 0 Å². The molecule has 0 saturated heterocycles. The molecule has 23 heavy (non-hydrogen) atoms. The van der Waals surface area contributed by atoms with Crippen molar-refractivity contribution in [3.05, 3.63) is 53.1 Å². The Hall–Kier alpha value is -1.83. The summed E-state index contributed by atoms with van der Waals surface area (Å²) in [5.41, 5.74) is 3.83. The van der Waals surface area contributed by atoms with Gasteiger partial charge in [-0.15, -0.1) is 0 Å². The van der Waals surface area contributed by atoms with Crippen LogP contribution in [0.25, 0.3) is 11.8 Å². The first kappa shape index (κ1) is 11.7. The lowest BCUT2D eigenvalue weighted by atomic mass is 9.84. The molecule has 0 radical (unpaired) electrons. The fraction of sp³-hybridized carbons (Fsp3) is 0.476. The van der Waals surface area contributed by atoms with Crippen LogP contribution in [-0.2, 0) is 5.54 Å². The Bertz CT molecular complexity index is 885. The van der Waals surface area contributed by atoms with E-state index < -0.39 is 6.85 Å². The predicted octanol–water partition coefficient (Wildman–Crippen LogP) is 4.62. The van der Waals surface area contributed by atoms with Gasteiger partial charge < -0.3 is 0 Å². The maximum Gasteiger partial charge on any atom is 0.259 e. The molecule has 2 nitrogen and oxygen atoms in total. The summed E-state index contributed by atoms with van der Waals surface area (Å²) >= 11 is 0. The third-order valence-corrected chi connectivity index (χ3v) is 5.97. The number of fused-ring (bicyclic) bond motifs is 1. The Balaban J connectivity index is 2.02. The van der Waals surface area contributed by atoms with Gasteiger partial charge in [-0.25, -0.2) is 4.57 Å². The van der Waals surface area contributed by atoms with E-state index in [1.165, 1.54) is 25.7 Å². The largest absolute Gasteiger partial charge is 0.259 e. The zero-order chi connectivity index (χ0) is 18.7. The molecule has 1 aliphatic heterocycles. The quantitative estimate of drug-likeness (QED) is 0.716. The highest BCUT2D eigenvalue weighted by molar-refractivity contribution is 5.53. The summed E-state index contributed by atoms with van der Waals surface area (Å²) in [6.07, 6.45) is 9.19. The summed E-state index contributed by atoms with van der Waals surface area (Å²) in [6.45, 7) is 4.11. The van der Waals surface area contributed by atoms with E-state index in [-0.39, 0.29) is 5.54 Å². The van der Waals surface area contributed by atoms with Crippen molar-refractivity contribution in [1.82, 2.24) is 4.57 Å². The van der Waals surface area contributed by atoms with Crippen molar-refractivity contribution >= 4 is 6.08 Å². The van der Waals surface area contributed by atoms with E-state index in [0.717, 1.165) is 22.6 Å². The van der Waals surface area contributed by atoms with Crippen LogP contribution in [-0.4, -0.2) is 4.57 Å². The molecule has 1 fully saturated rings. The van der Waals surface area contributed by atoms with E-state index in [1.54, 1.807) is 0 Å². The van der Waals surface area contributed by atoms with Gasteiger partial charge >= 0.3 is 0 Å². The van der Waals surface area contributed by atoms with E-state index in [0.29, 0.717) is 11.7 Å². The van der Waals surface area contributed by atoms with E-state index >= 15 is 0 Å². The number of rotatable bonds is 2. The normalized spacial score (nSPS) is 26.1. The zero-order valence-electron chi connectivity index (χ0n) is 17.3. The van der Waals surface area contributed by atoms with Gasteiger partial charge in [0.2, 0.25) is 0 Å². The smallest absolute Gasteiger partial charge is 0.218 e.